The van der Waals surface area contributed by atoms with E-state index >= 15 is 0 Å². The van der Waals surface area contributed by atoms with Gasteiger partial charge in [0.1, 0.15) is 11.0 Å². The molecule has 5 nitrogen and oxygen atoms in total. The number of likely N-dealkylation sites (N-methyl/N-ethyl adjacent to an activating group) is 1. The number of carbonyl (C=O) groups excluding carboxylic acids is 1. The maximum Gasteiger partial charge on any atom is 0.237 e. The second kappa shape index (κ2) is 5.85. The Bertz CT molecular complexity index is 612. The second-order valence-electron chi connectivity index (χ2n) is 5.26. The largest absolute Gasteiger partial charge is 0.351 e. The Morgan fingerprint density at radius 3 is 3.20 bits per heavy atom. The highest BCUT2D eigenvalue weighted by Gasteiger charge is 2.25. The summed E-state index contributed by atoms with van der Waals surface area (Å²) in [5.41, 5.74) is 2.83. The van der Waals surface area contributed by atoms with Crippen molar-refractivity contribution in [2.75, 3.05) is 13.6 Å². The van der Waals surface area contributed by atoms with Gasteiger partial charge in [-0.05, 0) is 32.5 Å². The van der Waals surface area contributed by atoms with Crippen LogP contribution in [0.1, 0.15) is 24.8 Å². The van der Waals surface area contributed by atoms with Gasteiger partial charge in [0, 0.05) is 12.1 Å². The van der Waals surface area contributed by atoms with Crippen molar-refractivity contribution in [2.24, 2.45) is 0 Å². The molecule has 20 heavy (non-hydrogen) atoms. The molecule has 1 unspecified atom stereocenters. The van der Waals surface area contributed by atoms with E-state index in [1.54, 1.807) is 0 Å². The monoisotopic (exact) mass is 290 g/mol. The van der Waals surface area contributed by atoms with Gasteiger partial charge >= 0.3 is 0 Å². The highest BCUT2D eigenvalue weighted by Crippen LogP contribution is 2.17. The zero-order valence-corrected chi connectivity index (χ0v) is 12.3. The van der Waals surface area contributed by atoms with Crippen molar-refractivity contribution in [3.05, 3.63) is 23.8 Å². The fourth-order valence-electron chi connectivity index (χ4n) is 2.71. The Morgan fingerprint density at radius 1 is 1.45 bits per heavy atom. The van der Waals surface area contributed by atoms with E-state index in [-0.39, 0.29) is 11.9 Å². The maximum absolute atomic E-state index is 12.3. The zero-order valence-electron chi connectivity index (χ0n) is 11.5. The Balaban J connectivity index is 1.67. The lowest BCUT2D eigenvalue weighted by atomic mass is 10.0. The minimum Gasteiger partial charge on any atom is -0.351 e. The van der Waals surface area contributed by atoms with E-state index in [1.165, 1.54) is 18.1 Å². The first-order valence-electron chi connectivity index (χ1n) is 6.94. The fourth-order valence-corrected chi connectivity index (χ4v) is 3.28. The molecule has 6 heteroatoms. The quantitative estimate of drug-likeness (QED) is 0.936. The second-order valence-corrected chi connectivity index (χ2v) is 5.79. The van der Waals surface area contributed by atoms with Gasteiger partial charge in [-0.25, -0.2) is 0 Å². The molecule has 2 aromatic rings. The standard InChI is InChI=1S/C14H18N4OS/c1-18-8-3-2-7-12(18)14(19)15-9-10-5-4-6-11-13(10)17-20-16-11/h4-6,12H,2-3,7-9H2,1H3,(H,15,19). The van der Waals surface area contributed by atoms with Crippen molar-refractivity contribution in [1.82, 2.24) is 19.0 Å². The van der Waals surface area contributed by atoms with Crippen LogP contribution in [0.5, 0.6) is 0 Å². The molecule has 1 aromatic carbocycles. The van der Waals surface area contributed by atoms with Crippen molar-refractivity contribution >= 4 is 28.7 Å². The predicted molar refractivity (Wildman–Crippen MR) is 79.5 cm³/mol. The molecule has 3 rings (SSSR count). The molecular weight excluding hydrogens is 272 g/mol. The van der Waals surface area contributed by atoms with E-state index in [1.807, 2.05) is 25.2 Å². The van der Waals surface area contributed by atoms with Gasteiger partial charge in [-0.15, -0.1) is 0 Å². The van der Waals surface area contributed by atoms with Crippen LogP contribution in [-0.4, -0.2) is 39.2 Å². The molecule has 1 fully saturated rings. The molecule has 0 bridgehead atoms. The van der Waals surface area contributed by atoms with Gasteiger partial charge in [0.25, 0.3) is 0 Å². The number of likely N-dealkylation sites (tertiary alicyclic amines) is 1. The Morgan fingerprint density at radius 2 is 2.35 bits per heavy atom. The number of nitrogens with one attached hydrogen (secondary N) is 1. The van der Waals surface area contributed by atoms with Crippen LogP contribution < -0.4 is 5.32 Å². The molecule has 0 spiro atoms. The highest BCUT2D eigenvalue weighted by molar-refractivity contribution is 7.00. The SMILES string of the molecule is CN1CCCCC1C(=O)NCc1cccc2nsnc12. The Hall–Kier alpha value is -1.53. The third-order valence-electron chi connectivity index (χ3n) is 3.90. The summed E-state index contributed by atoms with van der Waals surface area (Å²) in [6.07, 6.45) is 3.27. The van der Waals surface area contributed by atoms with Crippen molar-refractivity contribution in [3.63, 3.8) is 0 Å². The summed E-state index contributed by atoms with van der Waals surface area (Å²) in [6.45, 7) is 1.52. The van der Waals surface area contributed by atoms with E-state index < -0.39 is 0 Å². The number of nitrogens with zero attached hydrogens (tertiary/aromatic N) is 3. The molecule has 0 radical (unpaired) electrons. The van der Waals surface area contributed by atoms with Crippen LogP contribution in [-0.2, 0) is 11.3 Å². The zero-order chi connectivity index (χ0) is 13.9. The van der Waals surface area contributed by atoms with E-state index in [0.29, 0.717) is 6.54 Å². The van der Waals surface area contributed by atoms with Gasteiger partial charge in [0.15, 0.2) is 0 Å². The first kappa shape index (κ1) is 13.5. The first-order valence-corrected chi connectivity index (χ1v) is 7.67. The van der Waals surface area contributed by atoms with Crippen molar-refractivity contribution in [1.29, 1.82) is 0 Å². The number of piperidine rings is 1. The maximum atomic E-state index is 12.3. The molecule has 1 N–H and O–H groups in total. The number of rotatable bonds is 3. The summed E-state index contributed by atoms with van der Waals surface area (Å²) in [5, 5.41) is 3.04. The summed E-state index contributed by atoms with van der Waals surface area (Å²) in [5.74, 6) is 0.118. The number of fused-ring (bicyclic) bond motifs is 1. The third-order valence-corrected chi connectivity index (χ3v) is 4.44. The summed E-state index contributed by atoms with van der Waals surface area (Å²) in [7, 11) is 2.02. The predicted octanol–water partition coefficient (Wildman–Crippen LogP) is 1.79. The number of amides is 1. The van der Waals surface area contributed by atoms with E-state index in [2.05, 4.69) is 19.0 Å². The minimum absolute atomic E-state index is 0.0107. The molecule has 1 aliphatic heterocycles. The average molecular weight is 290 g/mol. The van der Waals surface area contributed by atoms with Gasteiger partial charge < -0.3 is 5.32 Å². The normalized spacial score (nSPS) is 20.1. The van der Waals surface area contributed by atoms with Gasteiger partial charge in [-0.1, -0.05) is 18.6 Å². The number of hydrogen-bond acceptors (Lipinski definition) is 5. The smallest absolute Gasteiger partial charge is 0.237 e. The van der Waals surface area contributed by atoms with E-state index in [9.17, 15) is 4.79 Å². The van der Waals surface area contributed by atoms with Gasteiger partial charge in [-0.3, -0.25) is 9.69 Å². The van der Waals surface area contributed by atoms with Crippen LogP contribution in [0.3, 0.4) is 0 Å². The summed E-state index contributed by atoms with van der Waals surface area (Å²) in [4.78, 5) is 14.4. The van der Waals surface area contributed by atoms with E-state index in [0.717, 1.165) is 36.0 Å². The number of hydrogen-bond donors (Lipinski definition) is 1. The number of benzene rings is 1. The molecular formula is C14H18N4OS. The van der Waals surface area contributed by atoms with E-state index in [4.69, 9.17) is 0 Å². The summed E-state index contributed by atoms with van der Waals surface area (Å²) in [6, 6.07) is 5.91. The molecule has 1 aliphatic rings. The van der Waals surface area contributed by atoms with Crippen LogP contribution in [0, 0.1) is 0 Å². The topological polar surface area (TPSA) is 58.1 Å². The van der Waals surface area contributed by atoms with Crippen molar-refractivity contribution in [3.8, 4) is 0 Å². The molecule has 1 atom stereocenters. The number of aromatic nitrogens is 2. The van der Waals surface area contributed by atoms with Gasteiger partial charge in [-0.2, -0.15) is 8.75 Å². The summed E-state index contributed by atoms with van der Waals surface area (Å²) >= 11 is 1.21. The van der Waals surface area contributed by atoms with Crippen LogP contribution in [0.4, 0.5) is 0 Å². The molecule has 106 valence electrons. The molecule has 0 saturated carbocycles. The lowest BCUT2D eigenvalue weighted by molar-refractivity contribution is -0.127. The van der Waals surface area contributed by atoms with Crippen LogP contribution in [0.15, 0.2) is 18.2 Å². The third kappa shape index (κ3) is 2.66. The Labute approximate surface area is 122 Å². The number of carbonyl (C=O) groups is 1. The fraction of sp³-hybridized carbons (Fsp3) is 0.500. The van der Waals surface area contributed by atoms with Crippen molar-refractivity contribution < 1.29 is 4.79 Å². The lowest BCUT2D eigenvalue weighted by Crippen LogP contribution is -2.47. The van der Waals surface area contributed by atoms with Gasteiger partial charge in [0.05, 0.1) is 17.8 Å². The molecule has 0 aliphatic carbocycles. The Kier molecular flexibility index (Phi) is 3.93. The first-order chi connectivity index (χ1) is 9.75. The highest BCUT2D eigenvalue weighted by atomic mass is 32.1. The lowest BCUT2D eigenvalue weighted by Gasteiger charge is -2.31. The van der Waals surface area contributed by atoms with Crippen LogP contribution >= 0.6 is 11.7 Å². The molecule has 1 amide bonds. The summed E-state index contributed by atoms with van der Waals surface area (Å²) < 4.78 is 8.51. The van der Waals surface area contributed by atoms with Crippen LogP contribution in [0.2, 0.25) is 0 Å². The average Bonchev–Trinajstić information content (AvgIpc) is 2.94. The minimum atomic E-state index is 0.0107. The van der Waals surface area contributed by atoms with Crippen LogP contribution in [0.25, 0.3) is 11.0 Å². The van der Waals surface area contributed by atoms with Gasteiger partial charge in [0.2, 0.25) is 5.91 Å². The molecule has 1 aromatic heterocycles. The van der Waals surface area contributed by atoms with Crippen molar-refractivity contribution in [2.45, 2.75) is 31.8 Å². The molecule has 2 heterocycles. The molecule has 1 saturated heterocycles.